The highest BCUT2D eigenvalue weighted by Gasteiger charge is 2.32. The van der Waals surface area contributed by atoms with Gasteiger partial charge in [0.2, 0.25) is 0 Å². The summed E-state index contributed by atoms with van der Waals surface area (Å²) in [5, 5.41) is 12.5. The Balaban J connectivity index is 1.35. The summed E-state index contributed by atoms with van der Waals surface area (Å²) in [6.07, 6.45) is 0.994. The highest BCUT2D eigenvalue weighted by Crippen LogP contribution is 2.45. The molecule has 5 aromatic carbocycles. The van der Waals surface area contributed by atoms with Gasteiger partial charge in [0, 0.05) is 10.6 Å². The number of phenols is 1. The molecule has 0 radical (unpaired) electrons. The van der Waals surface area contributed by atoms with E-state index in [-0.39, 0.29) is 5.75 Å². The average Bonchev–Trinajstić information content (AvgIpc) is 2.98. The molecule has 0 aliphatic carbocycles. The maximum Gasteiger partial charge on any atom is 0.174 e. The van der Waals surface area contributed by atoms with Crippen LogP contribution in [0, 0.1) is 0 Å². The minimum Gasteiger partial charge on any atom is -0.507 e. The Morgan fingerprint density at radius 1 is 0.632 bits per heavy atom. The lowest BCUT2D eigenvalue weighted by atomic mass is 10.2. The number of benzene rings is 5. The number of phenolic OH excluding ortho intramolecular Hbond substituents is 1. The van der Waals surface area contributed by atoms with E-state index in [2.05, 4.69) is 19.1 Å². The third-order valence-corrected chi connectivity index (χ3v) is 9.51. The number of aryl methyl sites for hydroxylation is 1. The molecule has 4 nitrogen and oxygen atoms in total. The summed E-state index contributed by atoms with van der Waals surface area (Å²) >= 11 is 0. The normalized spacial score (nSPS) is 11.2. The van der Waals surface area contributed by atoms with Gasteiger partial charge in [-0.05, 0) is 60.0 Å². The van der Waals surface area contributed by atoms with E-state index in [9.17, 15) is 9.67 Å². The van der Waals surface area contributed by atoms with Crippen LogP contribution in [0.1, 0.15) is 18.1 Å². The molecule has 0 heterocycles. The van der Waals surface area contributed by atoms with Gasteiger partial charge in [-0.2, -0.15) is 0 Å². The molecule has 190 valence electrons. The van der Waals surface area contributed by atoms with Crippen LogP contribution in [0.2, 0.25) is 0 Å². The molecule has 0 amide bonds. The van der Waals surface area contributed by atoms with E-state index in [0.29, 0.717) is 28.3 Å². The van der Waals surface area contributed by atoms with Crippen molar-refractivity contribution in [3.8, 4) is 23.0 Å². The van der Waals surface area contributed by atoms with Crippen molar-refractivity contribution in [3.05, 3.63) is 139 Å². The maximum atomic E-state index is 14.7. The molecule has 0 saturated carbocycles. The number of ether oxygens (including phenoxy) is 2. The van der Waals surface area contributed by atoms with Crippen LogP contribution in [0.3, 0.4) is 0 Å². The van der Waals surface area contributed by atoms with Crippen LogP contribution >= 0.6 is 7.14 Å². The van der Waals surface area contributed by atoms with Gasteiger partial charge in [-0.25, -0.2) is 0 Å². The van der Waals surface area contributed by atoms with Crippen LogP contribution in [-0.2, 0) is 17.6 Å². The molecule has 0 aromatic heterocycles. The van der Waals surface area contributed by atoms with Gasteiger partial charge in [-0.3, -0.25) is 0 Å². The smallest absolute Gasteiger partial charge is 0.174 e. The zero-order chi connectivity index (χ0) is 26.4. The van der Waals surface area contributed by atoms with Crippen LogP contribution < -0.4 is 25.4 Å². The van der Waals surface area contributed by atoms with Gasteiger partial charge < -0.3 is 19.1 Å². The van der Waals surface area contributed by atoms with Gasteiger partial charge >= 0.3 is 0 Å². The van der Waals surface area contributed by atoms with Gasteiger partial charge in [0.25, 0.3) is 0 Å². The molecule has 0 saturated heterocycles. The van der Waals surface area contributed by atoms with Crippen LogP contribution in [0.5, 0.6) is 23.0 Å². The van der Waals surface area contributed by atoms with Gasteiger partial charge in [-0.1, -0.05) is 91.9 Å². The second kappa shape index (κ2) is 11.4. The molecular weight excluding hydrogens is 491 g/mol. The van der Waals surface area contributed by atoms with E-state index < -0.39 is 7.14 Å². The van der Waals surface area contributed by atoms with E-state index in [1.54, 1.807) is 18.2 Å². The Labute approximate surface area is 223 Å². The first-order valence-corrected chi connectivity index (χ1v) is 14.3. The first kappa shape index (κ1) is 25.4. The van der Waals surface area contributed by atoms with Crippen LogP contribution in [-0.4, -0.2) is 5.11 Å². The molecule has 38 heavy (non-hydrogen) atoms. The number of hydrogen-bond donors (Lipinski definition) is 1. The summed E-state index contributed by atoms with van der Waals surface area (Å²) in [7, 11) is -3.33. The predicted octanol–water partition coefficient (Wildman–Crippen LogP) is 6.97. The molecule has 1 N–H and O–H groups in total. The minimum atomic E-state index is -3.33. The molecule has 5 aromatic rings. The SMILES string of the molecule is CCc1ccc(Oc2ccc(COc3ccc(O)c(P(=O)(c4ccccc4)c4ccccc4)c3)cc2)cc1. The minimum absolute atomic E-state index is 0.0261. The zero-order valence-electron chi connectivity index (χ0n) is 21.2. The summed E-state index contributed by atoms with van der Waals surface area (Å²) in [6, 6.07) is 39.3. The quantitative estimate of drug-likeness (QED) is 0.213. The number of hydrogen-bond acceptors (Lipinski definition) is 4. The first-order chi connectivity index (χ1) is 18.6. The number of aromatic hydroxyl groups is 1. The van der Waals surface area contributed by atoms with Gasteiger partial charge in [-0.15, -0.1) is 0 Å². The fourth-order valence-electron chi connectivity index (χ4n) is 4.30. The zero-order valence-corrected chi connectivity index (χ0v) is 22.1. The van der Waals surface area contributed by atoms with Crippen molar-refractivity contribution in [2.75, 3.05) is 0 Å². The average molecular weight is 521 g/mol. The summed E-state index contributed by atoms with van der Waals surface area (Å²) in [5.41, 5.74) is 2.23. The van der Waals surface area contributed by atoms with Crippen molar-refractivity contribution >= 4 is 23.1 Å². The topological polar surface area (TPSA) is 55.8 Å². The van der Waals surface area contributed by atoms with Crippen molar-refractivity contribution in [2.24, 2.45) is 0 Å². The third-order valence-electron chi connectivity index (χ3n) is 6.42. The Bertz CT molecular complexity index is 1490. The van der Waals surface area contributed by atoms with Crippen molar-refractivity contribution in [1.82, 2.24) is 0 Å². The Kier molecular flexibility index (Phi) is 7.62. The largest absolute Gasteiger partial charge is 0.507 e. The van der Waals surface area contributed by atoms with Crippen molar-refractivity contribution in [1.29, 1.82) is 0 Å². The van der Waals surface area contributed by atoms with E-state index in [1.807, 2.05) is 97.1 Å². The summed E-state index contributed by atoms with van der Waals surface area (Å²) < 4.78 is 26.7. The third kappa shape index (κ3) is 5.51. The molecule has 5 heteroatoms. The van der Waals surface area contributed by atoms with E-state index >= 15 is 0 Å². The monoisotopic (exact) mass is 520 g/mol. The fourth-order valence-corrected chi connectivity index (χ4v) is 7.04. The Morgan fingerprint density at radius 2 is 1.13 bits per heavy atom. The lowest BCUT2D eigenvalue weighted by Crippen LogP contribution is -2.25. The molecule has 0 aliphatic heterocycles. The summed E-state index contributed by atoms with van der Waals surface area (Å²) in [5.74, 6) is 2.05. The predicted molar refractivity (Wildman–Crippen MR) is 154 cm³/mol. The first-order valence-electron chi connectivity index (χ1n) is 12.6. The molecule has 0 fully saturated rings. The molecule has 0 aliphatic rings. The molecule has 5 rings (SSSR count). The van der Waals surface area contributed by atoms with Gasteiger partial charge in [0.1, 0.15) is 29.6 Å². The van der Waals surface area contributed by atoms with Crippen LogP contribution in [0.15, 0.2) is 127 Å². The molecule has 0 spiro atoms. The second-order valence-electron chi connectivity index (χ2n) is 8.96. The van der Waals surface area contributed by atoms with Crippen molar-refractivity contribution < 1.29 is 19.1 Å². The summed E-state index contributed by atoms with van der Waals surface area (Å²) in [4.78, 5) is 0. The Hall–Kier alpha value is -4.27. The van der Waals surface area contributed by atoms with Crippen molar-refractivity contribution in [3.63, 3.8) is 0 Å². The molecular formula is C33H29O4P. The second-order valence-corrected chi connectivity index (χ2v) is 11.7. The molecule has 0 atom stereocenters. The fraction of sp³-hybridized carbons (Fsp3) is 0.0909. The number of rotatable bonds is 9. The lowest BCUT2D eigenvalue weighted by molar-refractivity contribution is 0.306. The lowest BCUT2D eigenvalue weighted by Gasteiger charge is -2.21. The van der Waals surface area contributed by atoms with E-state index in [1.165, 1.54) is 5.56 Å². The maximum absolute atomic E-state index is 14.7. The van der Waals surface area contributed by atoms with Gasteiger partial charge in [0.05, 0.1) is 5.30 Å². The van der Waals surface area contributed by atoms with Gasteiger partial charge in [0.15, 0.2) is 7.14 Å². The highest BCUT2D eigenvalue weighted by atomic mass is 31.2. The van der Waals surface area contributed by atoms with Crippen molar-refractivity contribution in [2.45, 2.75) is 20.0 Å². The van der Waals surface area contributed by atoms with Crippen LogP contribution in [0.4, 0.5) is 0 Å². The summed E-state index contributed by atoms with van der Waals surface area (Å²) in [6.45, 7) is 2.44. The molecule has 0 bridgehead atoms. The molecule has 0 unspecified atom stereocenters. The van der Waals surface area contributed by atoms with E-state index in [4.69, 9.17) is 9.47 Å². The standard InChI is InChI=1S/C33H29O4P/c1-2-25-13-17-27(18-14-25)37-28-19-15-26(16-20-28)24-36-29-21-22-32(34)33(23-29)38(35,30-9-5-3-6-10-30)31-11-7-4-8-12-31/h3-23,34H,2,24H2,1H3. The highest BCUT2D eigenvalue weighted by molar-refractivity contribution is 7.85. The van der Waals surface area contributed by atoms with Crippen LogP contribution in [0.25, 0.3) is 0 Å². The van der Waals surface area contributed by atoms with E-state index in [0.717, 1.165) is 23.5 Å². The Morgan fingerprint density at radius 3 is 1.66 bits per heavy atom.